The van der Waals surface area contributed by atoms with E-state index in [0.29, 0.717) is 11.3 Å². The molecule has 1 N–H and O–H groups in total. The summed E-state index contributed by atoms with van der Waals surface area (Å²) in [6.45, 7) is 1.14. The zero-order valence-corrected chi connectivity index (χ0v) is 16.4. The fourth-order valence-electron chi connectivity index (χ4n) is 2.53. The van der Waals surface area contributed by atoms with E-state index in [-0.39, 0.29) is 22.9 Å². The van der Waals surface area contributed by atoms with Crippen LogP contribution in [0.15, 0.2) is 46.4 Å². The number of nitro benzene ring substituents is 1. The second-order valence-electron chi connectivity index (χ2n) is 5.76. The Balaban J connectivity index is 1.78. The van der Waals surface area contributed by atoms with Crippen molar-refractivity contribution in [3.63, 3.8) is 0 Å². The molecule has 1 amide bonds. The minimum Gasteiger partial charge on any atom is -0.477 e. The van der Waals surface area contributed by atoms with E-state index < -0.39 is 34.9 Å². The number of benzene rings is 1. The molecule has 0 bridgehead atoms. The number of nitrogens with zero attached hydrogens (tertiary/aromatic N) is 1. The summed E-state index contributed by atoms with van der Waals surface area (Å²) in [5, 5.41) is 15.3. The molecule has 11 heteroatoms. The van der Waals surface area contributed by atoms with Crippen LogP contribution in [0.4, 0.5) is 15.1 Å². The van der Waals surface area contributed by atoms with Gasteiger partial charge in [0.25, 0.3) is 5.91 Å². The van der Waals surface area contributed by atoms with Crippen molar-refractivity contribution in [3.8, 4) is 17.1 Å². The molecule has 156 valence electrons. The molecule has 2 heterocycles. The molecular weight excluding hydrogens is 419 g/mol. The summed E-state index contributed by atoms with van der Waals surface area (Å²) in [5.41, 5.74) is 0.0787. The average molecular weight is 434 g/mol. The number of hydrogen-bond donors (Lipinski definition) is 1. The van der Waals surface area contributed by atoms with Crippen molar-refractivity contribution in [2.45, 2.75) is 6.92 Å². The number of carbonyl (C=O) groups is 2. The highest BCUT2D eigenvalue weighted by molar-refractivity contribution is 7.15. The Morgan fingerprint density at radius 3 is 2.80 bits per heavy atom. The number of ether oxygens (including phenoxy) is 2. The number of halogens is 1. The van der Waals surface area contributed by atoms with E-state index in [1.807, 2.05) is 0 Å². The molecule has 0 unspecified atom stereocenters. The fourth-order valence-corrected chi connectivity index (χ4v) is 3.48. The van der Waals surface area contributed by atoms with Crippen LogP contribution in [0.25, 0.3) is 11.3 Å². The molecule has 0 fully saturated rings. The minimum atomic E-state index is -0.750. The monoisotopic (exact) mass is 434 g/mol. The van der Waals surface area contributed by atoms with Gasteiger partial charge >= 0.3 is 11.7 Å². The number of anilines is 1. The predicted octanol–water partition coefficient (Wildman–Crippen LogP) is 4.25. The Hall–Kier alpha value is -3.73. The van der Waals surface area contributed by atoms with E-state index in [1.165, 1.54) is 6.26 Å². The van der Waals surface area contributed by atoms with Gasteiger partial charge in [-0.1, -0.05) is 0 Å². The lowest BCUT2D eigenvalue weighted by molar-refractivity contribution is -0.385. The molecule has 30 heavy (non-hydrogen) atoms. The zero-order valence-electron chi connectivity index (χ0n) is 15.5. The van der Waals surface area contributed by atoms with Crippen LogP contribution in [0.5, 0.6) is 5.75 Å². The zero-order chi connectivity index (χ0) is 21.7. The van der Waals surface area contributed by atoms with Crippen LogP contribution in [-0.2, 0) is 9.53 Å². The van der Waals surface area contributed by atoms with Crippen molar-refractivity contribution in [2.75, 3.05) is 18.5 Å². The lowest BCUT2D eigenvalue weighted by atomic mass is 10.1. The summed E-state index contributed by atoms with van der Waals surface area (Å²) in [4.78, 5) is 35.0. The summed E-state index contributed by atoms with van der Waals surface area (Å²) >= 11 is 1.07. The first-order valence-corrected chi connectivity index (χ1v) is 9.47. The van der Waals surface area contributed by atoms with Crippen molar-refractivity contribution in [2.24, 2.45) is 0 Å². The highest BCUT2D eigenvalue weighted by atomic mass is 32.1. The molecule has 0 radical (unpaired) electrons. The van der Waals surface area contributed by atoms with Crippen LogP contribution in [0, 0.1) is 15.9 Å². The number of amides is 1. The van der Waals surface area contributed by atoms with Gasteiger partial charge in [-0.2, -0.15) is 0 Å². The van der Waals surface area contributed by atoms with Gasteiger partial charge in [-0.3, -0.25) is 14.9 Å². The molecule has 0 spiro atoms. The van der Waals surface area contributed by atoms with E-state index >= 15 is 0 Å². The number of rotatable bonds is 8. The molecule has 0 aliphatic rings. The Morgan fingerprint density at radius 2 is 2.13 bits per heavy atom. The van der Waals surface area contributed by atoms with Crippen molar-refractivity contribution < 1.29 is 32.8 Å². The summed E-state index contributed by atoms with van der Waals surface area (Å²) in [7, 11) is 0. The Morgan fingerprint density at radius 1 is 1.33 bits per heavy atom. The summed E-state index contributed by atoms with van der Waals surface area (Å²) in [5.74, 6) is -2.07. The molecule has 0 saturated heterocycles. The molecule has 2 aromatic heterocycles. The van der Waals surface area contributed by atoms with Gasteiger partial charge in [0, 0.05) is 23.1 Å². The number of thiophene rings is 1. The third-order valence-electron chi connectivity index (χ3n) is 3.79. The Bertz CT molecular complexity index is 1080. The highest BCUT2D eigenvalue weighted by Gasteiger charge is 2.24. The molecule has 0 saturated carbocycles. The standard InChI is InChI=1S/C19H15FN2O7S/c1-2-27-19(24)17-12(14-4-3-7-28-14)10-30-18(17)21-16(23)9-29-15-8-11(20)5-6-13(15)22(25)26/h3-8,10H,2,9H2,1H3,(H,21,23). The normalized spacial score (nSPS) is 10.5. The van der Waals surface area contributed by atoms with E-state index in [9.17, 15) is 24.1 Å². The largest absolute Gasteiger partial charge is 0.477 e. The number of furan rings is 1. The molecule has 0 atom stereocenters. The van der Waals surface area contributed by atoms with Crippen molar-refractivity contribution in [3.05, 3.63) is 63.5 Å². The van der Waals surface area contributed by atoms with E-state index in [2.05, 4.69) is 5.32 Å². The molecule has 0 aliphatic heterocycles. The van der Waals surface area contributed by atoms with Crippen molar-refractivity contribution in [1.82, 2.24) is 0 Å². The van der Waals surface area contributed by atoms with Crippen LogP contribution in [0.3, 0.4) is 0 Å². The van der Waals surface area contributed by atoms with Gasteiger partial charge in [-0.15, -0.1) is 11.3 Å². The van der Waals surface area contributed by atoms with Gasteiger partial charge in [0.1, 0.15) is 22.1 Å². The maximum atomic E-state index is 13.4. The quantitative estimate of drug-likeness (QED) is 0.320. The van der Waals surface area contributed by atoms with Crippen LogP contribution >= 0.6 is 11.3 Å². The first-order valence-electron chi connectivity index (χ1n) is 8.59. The number of nitrogens with one attached hydrogen (secondary N) is 1. The second-order valence-corrected chi connectivity index (χ2v) is 6.64. The molecule has 9 nitrogen and oxygen atoms in total. The molecule has 1 aromatic carbocycles. The van der Waals surface area contributed by atoms with Gasteiger partial charge in [0.2, 0.25) is 5.75 Å². The van der Waals surface area contributed by atoms with Crippen LogP contribution < -0.4 is 10.1 Å². The lowest BCUT2D eigenvalue weighted by Crippen LogP contribution is -2.21. The fraction of sp³-hybridized carbons (Fsp3) is 0.158. The second kappa shape index (κ2) is 9.18. The van der Waals surface area contributed by atoms with Gasteiger partial charge in [0.05, 0.1) is 17.8 Å². The number of esters is 1. The predicted molar refractivity (Wildman–Crippen MR) is 105 cm³/mol. The van der Waals surface area contributed by atoms with Gasteiger partial charge in [-0.25, -0.2) is 9.18 Å². The Labute approximate surface area is 173 Å². The van der Waals surface area contributed by atoms with Crippen LogP contribution in [-0.4, -0.2) is 30.0 Å². The van der Waals surface area contributed by atoms with Crippen LogP contribution in [0.1, 0.15) is 17.3 Å². The van der Waals surface area contributed by atoms with Gasteiger partial charge in [0.15, 0.2) is 6.61 Å². The molecule has 3 aromatic rings. The third kappa shape index (κ3) is 4.63. The van der Waals surface area contributed by atoms with Crippen LogP contribution in [0.2, 0.25) is 0 Å². The maximum Gasteiger partial charge on any atom is 0.341 e. The summed E-state index contributed by atoms with van der Waals surface area (Å²) in [6, 6.07) is 5.98. The summed E-state index contributed by atoms with van der Waals surface area (Å²) < 4.78 is 28.9. The maximum absolute atomic E-state index is 13.4. The first-order chi connectivity index (χ1) is 14.4. The van der Waals surface area contributed by atoms with E-state index in [4.69, 9.17) is 13.9 Å². The van der Waals surface area contributed by atoms with Gasteiger partial charge in [-0.05, 0) is 25.1 Å². The highest BCUT2D eigenvalue weighted by Crippen LogP contribution is 2.36. The van der Waals surface area contributed by atoms with Crippen molar-refractivity contribution >= 4 is 33.9 Å². The molecule has 0 aliphatic carbocycles. The number of hydrogen-bond acceptors (Lipinski definition) is 8. The SMILES string of the molecule is CCOC(=O)c1c(-c2ccco2)csc1NC(=O)COc1cc(F)ccc1[N+](=O)[O-]. The Kier molecular flexibility index (Phi) is 6.42. The van der Waals surface area contributed by atoms with E-state index in [0.717, 1.165) is 29.5 Å². The molecule has 3 rings (SSSR count). The number of carbonyl (C=O) groups excluding carboxylic acids is 2. The van der Waals surface area contributed by atoms with Gasteiger partial charge < -0.3 is 19.2 Å². The third-order valence-corrected chi connectivity index (χ3v) is 4.68. The lowest BCUT2D eigenvalue weighted by Gasteiger charge is -2.09. The van der Waals surface area contributed by atoms with Crippen molar-refractivity contribution in [1.29, 1.82) is 0 Å². The minimum absolute atomic E-state index is 0.113. The molecular formula is C19H15FN2O7S. The number of nitro groups is 1. The topological polar surface area (TPSA) is 121 Å². The average Bonchev–Trinajstić information content (AvgIpc) is 3.36. The smallest absolute Gasteiger partial charge is 0.341 e. The summed E-state index contributed by atoms with van der Waals surface area (Å²) in [6.07, 6.45) is 1.44. The van der Waals surface area contributed by atoms with E-state index in [1.54, 1.807) is 24.4 Å². The first kappa shape index (κ1) is 21.0.